The number of nitro benzene ring substituents is 1. The van der Waals surface area contributed by atoms with E-state index in [1.54, 1.807) is 0 Å². The number of halogens is 2. The molecule has 118 valence electrons. The summed E-state index contributed by atoms with van der Waals surface area (Å²) in [6, 6.07) is 2.37. The van der Waals surface area contributed by atoms with Crippen LogP contribution in [0.2, 0.25) is 0 Å². The number of anilines is 1. The monoisotopic (exact) mass is 360 g/mol. The van der Waals surface area contributed by atoms with Crippen LogP contribution in [-0.4, -0.2) is 11.5 Å². The lowest BCUT2D eigenvalue weighted by Gasteiger charge is -2.25. The van der Waals surface area contributed by atoms with Crippen LogP contribution < -0.4 is 5.32 Å². The molecule has 0 amide bonds. The van der Waals surface area contributed by atoms with Crippen LogP contribution in [0.3, 0.4) is 0 Å². The number of hydrogen-bond donors (Lipinski definition) is 1. The highest BCUT2D eigenvalue weighted by atomic mass is 79.9. The van der Waals surface area contributed by atoms with E-state index in [-0.39, 0.29) is 21.3 Å². The molecule has 0 spiro atoms. The number of benzene rings is 1. The summed E-state index contributed by atoms with van der Waals surface area (Å²) in [6.07, 6.45) is 4.49. The maximum absolute atomic E-state index is 13.6. The third kappa shape index (κ3) is 5.61. The van der Waals surface area contributed by atoms with Gasteiger partial charge in [0.05, 0.1) is 9.40 Å². The van der Waals surface area contributed by atoms with E-state index in [9.17, 15) is 14.5 Å². The van der Waals surface area contributed by atoms with Crippen molar-refractivity contribution in [2.45, 2.75) is 46.5 Å². The number of nitro groups is 1. The molecule has 1 aromatic carbocycles. The normalized spacial score (nSPS) is 11.5. The molecule has 0 saturated carbocycles. The summed E-state index contributed by atoms with van der Waals surface area (Å²) in [4.78, 5) is 10.5. The van der Waals surface area contributed by atoms with E-state index in [1.807, 2.05) is 0 Å². The summed E-state index contributed by atoms with van der Waals surface area (Å²) in [5, 5.41) is 14.1. The quantitative estimate of drug-likeness (QED) is 0.377. The Labute approximate surface area is 133 Å². The highest BCUT2D eigenvalue weighted by molar-refractivity contribution is 9.10. The van der Waals surface area contributed by atoms with Gasteiger partial charge < -0.3 is 5.32 Å². The van der Waals surface area contributed by atoms with Crippen molar-refractivity contribution in [1.82, 2.24) is 0 Å². The van der Waals surface area contributed by atoms with E-state index in [1.165, 1.54) is 18.6 Å². The molecule has 0 aliphatic carbocycles. The number of hydrogen-bond acceptors (Lipinski definition) is 3. The molecule has 0 fully saturated rings. The molecule has 0 aromatic heterocycles. The molecule has 0 atom stereocenters. The third-order valence-electron chi connectivity index (χ3n) is 3.45. The van der Waals surface area contributed by atoms with Gasteiger partial charge in [-0.15, -0.1) is 0 Å². The molecule has 1 N–H and O–H groups in total. The highest BCUT2D eigenvalue weighted by Crippen LogP contribution is 2.32. The maximum Gasteiger partial charge on any atom is 0.293 e. The SMILES string of the molecule is CCCCCC(C)(C)CNc1cc(F)c(Br)cc1[N+](=O)[O-]. The van der Waals surface area contributed by atoms with Crippen molar-refractivity contribution >= 4 is 27.3 Å². The zero-order chi connectivity index (χ0) is 16.0. The fraction of sp³-hybridized carbons (Fsp3) is 0.600. The average Bonchev–Trinajstić information content (AvgIpc) is 2.39. The van der Waals surface area contributed by atoms with Gasteiger partial charge in [0, 0.05) is 18.7 Å². The topological polar surface area (TPSA) is 55.2 Å². The van der Waals surface area contributed by atoms with Crippen LogP contribution in [0.15, 0.2) is 16.6 Å². The second-order valence-corrected chi connectivity index (χ2v) is 6.87. The number of rotatable bonds is 8. The van der Waals surface area contributed by atoms with Crippen LogP contribution >= 0.6 is 15.9 Å². The predicted molar refractivity (Wildman–Crippen MR) is 87.2 cm³/mol. The van der Waals surface area contributed by atoms with Crippen LogP contribution in [0, 0.1) is 21.3 Å². The Morgan fingerprint density at radius 1 is 1.38 bits per heavy atom. The van der Waals surface area contributed by atoms with Crippen LogP contribution in [0.25, 0.3) is 0 Å². The lowest BCUT2D eigenvalue weighted by Crippen LogP contribution is -2.23. The van der Waals surface area contributed by atoms with Gasteiger partial charge in [0.2, 0.25) is 0 Å². The van der Waals surface area contributed by atoms with Crippen molar-refractivity contribution in [3.05, 3.63) is 32.5 Å². The number of nitrogens with zero attached hydrogens (tertiary/aromatic N) is 1. The molecule has 6 heteroatoms. The second kappa shape index (κ2) is 7.73. The maximum atomic E-state index is 13.6. The first-order valence-electron chi connectivity index (χ1n) is 7.14. The van der Waals surface area contributed by atoms with Crippen molar-refractivity contribution in [1.29, 1.82) is 0 Å². The smallest absolute Gasteiger partial charge is 0.293 e. The van der Waals surface area contributed by atoms with Gasteiger partial charge in [-0.3, -0.25) is 10.1 Å². The molecule has 21 heavy (non-hydrogen) atoms. The van der Waals surface area contributed by atoms with Crippen molar-refractivity contribution < 1.29 is 9.31 Å². The third-order valence-corrected chi connectivity index (χ3v) is 4.06. The number of nitrogens with one attached hydrogen (secondary N) is 1. The molecule has 0 saturated heterocycles. The first kappa shape index (κ1) is 17.9. The molecule has 4 nitrogen and oxygen atoms in total. The molecule has 0 unspecified atom stereocenters. The van der Waals surface area contributed by atoms with Crippen molar-refractivity contribution in [3.63, 3.8) is 0 Å². The largest absolute Gasteiger partial charge is 0.379 e. The van der Waals surface area contributed by atoms with E-state index in [2.05, 4.69) is 42.0 Å². The molecule has 0 radical (unpaired) electrons. The fourth-order valence-corrected chi connectivity index (χ4v) is 2.44. The zero-order valence-corrected chi connectivity index (χ0v) is 14.3. The minimum Gasteiger partial charge on any atom is -0.379 e. The van der Waals surface area contributed by atoms with E-state index >= 15 is 0 Å². The lowest BCUT2D eigenvalue weighted by atomic mass is 9.87. The number of unbranched alkanes of at least 4 members (excludes halogenated alkanes) is 2. The van der Waals surface area contributed by atoms with Gasteiger partial charge in [-0.05, 0) is 27.8 Å². The van der Waals surface area contributed by atoms with Crippen molar-refractivity contribution in [3.8, 4) is 0 Å². The van der Waals surface area contributed by atoms with Gasteiger partial charge in [-0.25, -0.2) is 4.39 Å². The Balaban J connectivity index is 2.78. The Morgan fingerprint density at radius 3 is 2.62 bits per heavy atom. The minimum atomic E-state index is -0.508. The minimum absolute atomic E-state index is 0.00654. The first-order valence-corrected chi connectivity index (χ1v) is 7.93. The zero-order valence-electron chi connectivity index (χ0n) is 12.7. The van der Waals surface area contributed by atoms with E-state index in [0.717, 1.165) is 19.3 Å². The lowest BCUT2D eigenvalue weighted by molar-refractivity contribution is -0.384. The van der Waals surface area contributed by atoms with Crippen molar-refractivity contribution in [2.24, 2.45) is 5.41 Å². The van der Waals surface area contributed by atoms with Gasteiger partial charge >= 0.3 is 0 Å². The van der Waals surface area contributed by atoms with Gasteiger partial charge in [0.15, 0.2) is 0 Å². The van der Waals surface area contributed by atoms with Crippen LogP contribution in [0.1, 0.15) is 46.5 Å². The summed E-state index contributed by atoms with van der Waals surface area (Å²) in [7, 11) is 0. The Kier molecular flexibility index (Phi) is 6.58. The Bertz CT molecular complexity index is 507. The molecular formula is C15H22BrFN2O2. The Hall–Kier alpha value is -1.17. The Morgan fingerprint density at radius 2 is 2.05 bits per heavy atom. The average molecular weight is 361 g/mol. The van der Waals surface area contributed by atoms with Crippen LogP contribution in [0.5, 0.6) is 0 Å². The van der Waals surface area contributed by atoms with Gasteiger partial charge in [-0.1, -0.05) is 40.0 Å². The van der Waals surface area contributed by atoms with E-state index < -0.39 is 10.7 Å². The van der Waals surface area contributed by atoms with Gasteiger partial charge in [0.25, 0.3) is 5.69 Å². The summed E-state index contributed by atoms with van der Waals surface area (Å²) in [6.45, 7) is 6.94. The summed E-state index contributed by atoms with van der Waals surface area (Å²) >= 11 is 2.97. The first-order chi connectivity index (χ1) is 9.76. The fourth-order valence-electron chi connectivity index (χ4n) is 2.11. The molecule has 0 aliphatic rings. The van der Waals surface area contributed by atoms with Gasteiger partial charge in [0.1, 0.15) is 11.5 Å². The van der Waals surface area contributed by atoms with Crippen LogP contribution in [0.4, 0.5) is 15.8 Å². The van der Waals surface area contributed by atoms with Crippen molar-refractivity contribution in [2.75, 3.05) is 11.9 Å². The molecule has 0 bridgehead atoms. The predicted octanol–water partition coefficient (Wildman–Crippen LogP) is 5.51. The molecule has 0 heterocycles. The van der Waals surface area contributed by atoms with E-state index in [0.29, 0.717) is 6.54 Å². The summed E-state index contributed by atoms with van der Waals surface area (Å²) in [5.41, 5.74) is 0.115. The molecular weight excluding hydrogens is 339 g/mol. The molecule has 1 rings (SSSR count). The van der Waals surface area contributed by atoms with Crippen LogP contribution in [-0.2, 0) is 0 Å². The summed E-state index contributed by atoms with van der Waals surface area (Å²) < 4.78 is 13.7. The van der Waals surface area contributed by atoms with E-state index in [4.69, 9.17) is 0 Å². The summed E-state index contributed by atoms with van der Waals surface area (Å²) in [5.74, 6) is -0.508. The molecule has 1 aromatic rings. The standard InChI is InChI=1S/C15H22BrFN2O2/c1-4-5-6-7-15(2,3)10-18-13-9-12(17)11(16)8-14(13)19(20)21/h8-9,18H,4-7,10H2,1-3H3. The second-order valence-electron chi connectivity index (χ2n) is 6.02. The molecule has 0 aliphatic heterocycles. The highest BCUT2D eigenvalue weighted by Gasteiger charge is 2.21. The van der Waals surface area contributed by atoms with Gasteiger partial charge in [-0.2, -0.15) is 0 Å².